The van der Waals surface area contributed by atoms with E-state index >= 15 is 0 Å². The van der Waals surface area contributed by atoms with Crippen LogP contribution in [0.2, 0.25) is 0 Å². The number of hydrogen-bond donors (Lipinski definition) is 0. The summed E-state index contributed by atoms with van der Waals surface area (Å²) in [7, 11) is 3.37. The average molecular weight is 300 g/mol. The van der Waals surface area contributed by atoms with E-state index in [0.717, 1.165) is 36.0 Å². The van der Waals surface area contributed by atoms with E-state index in [4.69, 9.17) is 9.47 Å². The summed E-state index contributed by atoms with van der Waals surface area (Å²) in [6.45, 7) is 6.06. The van der Waals surface area contributed by atoms with Crippen LogP contribution in [-0.4, -0.2) is 27.3 Å². The summed E-state index contributed by atoms with van der Waals surface area (Å²) in [6, 6.07) is 16.3. The molecule has 4 nitrogen and oxygen atoms in total. The molecule has 2 rings (SSSR count). The summed E-state index contributed by atoms with van der Waals surface area (Å²) in [5, 5.41) is 4.50. The highest BCUT2D eigenvalue weighted by Gasteiger charge is 2.14. The third-order valence-electron chi connectivity index (χ3n) is 3.63. The van der Waals surface area contributed by atoms with Crippen molar-refractivity contribution in [3.8, 4) is 11.5 Å². The van der Waals surface area contributed by atoms with Crippen LogP contribution in [0.3, 0.4) is 0 Å². The molecule has 0 aliphatic rings. The molecule has 0 saturated carbocycles. The first-order chi connectivity index (χ1) is 10.7. The number of hydrogen-bond acceptors (Lipinski definition) is 4. The van der Waals surface area contributed by atoms with E-state index in [1.807, 2.05) is 24.3 Å². The molecule has 0 unspecified atom stereocenters. The van der Waals surface area contributed by atoms with Crippen molar-refractivity contribution in [3.63, 3.8) is 0 Å². The molecule has 0 heterocycles. The van der Waals surface area contributed by atoms with E-state index in [1.165, 1.54) is 0 Å². The Kier molecular flexibility index (Phi) is 5.53. The minimum absolute atomic E-state index is 0.868. The third kappa shape index (κ3) is 3.45. The van der Waals surface area contributed by atoms with Gasteiger partial charge in [0.25, 0.3) is 0 Å². The topological polar surface area (TPSA) is 24.9 Å². The maximum atomic E-state index is 5.23. The maximum absolute atomic E-state index is 5.23. The molecule has 0 aliphatic heterocycles. The summed E-state index contributed by atoms with van der Waals surface area (Å²) in [5.74, 6) is 1.74. The van der Waals surface area contributed by atoms with Crippen LogP contribution in [0.4, 0.5) is 11.4 Å². The molecular weight excluding hydrogens is 276 g/mol. The molecule has 0 aliphatic carbocycles. The lowest BCUT2D eigenvalue weighted by Gasteiger charge is -2.37. The molecule has 0 bridgehead atoms. The Morgan fingerprint density at radius 3 is 1.18 bits per heavy atom. The van der Waals surface area contributed by atoms with Gasteiger partial charge in [-0.05, 0) is 62.4 Å². The van der Waals surface area contributed by atoms with E-state index in [0.29, 0.717) is 0 Å². The molecule has 0 amide bonds. The lowest BCUT2D eigenvalue weighted by atomic mass is 10.2. The Hall–Kier alpha value is -2.36. The van der Waals surface area contributed by atoms with Crippen LogP contribution in [-0.2, 0) is 0 Å². The zero-order valence-corrected chi connectivity index (χ0v) is 13.7. The lowest BCUT2D eigenvalue weighted by Crippen LogP contribution is -2.43. The van der Waals surface area contributed by atoms with Crippen LogP contribution in [0, 0.1) is 0 Å². The third-order valence-corrected chi connectivity index (χ3v) is 3.63. The van der Waals surface area contributed by atoms with E-state index in [2.05, 4.69) is 48.1 Å². The Labute approximate surface area is 132 Å². The fraction of sp³-hybridized carbons (Fsp3) is 0.333. The Morgan fingerprint density at radius 1 is 0.636 bits per heavy atom. The van der Waals surface area contributed by atoms with Crippen LogP contribution in [0.15, 0.2) is 48.5 Å². The van der Waals surface area contributed by atoms with Crippen molar-refractivity contribution in [1.29, 1.82) is 0 Å². The predicted molar refractivity (Wildman–Crippen MR) is 92.0 cm³/mol. The SMILES string of the molecule is CCN(c1ccc(OC)cc1)N(CC)c1ccc(OC)cc1. The van der Waals surface area contributed by atoms with E-state index in [1.54, 1.807) is 14.2 Å². The Morgan fingerprint density at radius 2 is 0.955 bits per heavy atom. The second-order valence-electron chi connectivity index (χ2n) is 4.83. The molecule has 0 spiro atoms. The van der Waals surface area contributed by atoms with Gasteiger partial charge in [-0.3, -0.25) is 10.0 Å². The molecule has 2 aromatic rings. The van der Waals surface area contributed by atoms with E-state index in [-0.39, 0.29) is 0 Å². The summed E-state index contributed by atoms with van der Waals surface area (Å²) in [4.78, 5) is 0. The van der Waals surface area contributed by atoms with Gasteiger partial charge in [-0.15, -0.1) is 0 Å². The number of methoxy groups -OCH3 is 2. The quantitative estimate of drug-likeness (QED) is 0.722. The molecule has 0 radical (unpaired) electrons. The number of rotatable bonds is 7. The van der Waals surface area contributed by atoms with Gasteiger partial charge in [-0.1, -0.05) is 0 Å². The Bertz CT molecular complexity index is 513. The van der Waals surface area contributed by atoms with Gasteiger partial charge < -0.3 is 9.47 Å². The minimum Gasteiger partial charge on any atom is -0.497 e. The first-order valence-corrected chi connectivity index (χ1v) is 7.56. The highest BCUT2D eigenvalue weighted by Crippen LogP contribution is 2.26. The largest absolute Gasteiger partial charge is 0.497 e. The standard InChI is InChI=1S/C18H24N2O2/c1-5-19(15-7-11-17(21-3)12-8-15)20(6-2)16-9-13-18(22-4)14-10-16/h7-14H,5-6H2,1-4H3. The molecule has 0 saturated heterocycles. The van der Waals surface area contributed by atoms with Crippen molar-refractivity contribution in [3.05, 3.63) is 48.5 Å². The highest BCUT2D eigenvalue weighted by atomic mass is 16.5. The molecule has 118 valence electrons. The van der Waals surface area contributed by atoms with Crippen LogP contribution < -0.4 is 19.5 Å². The molecule has 0 aromatic heterocycles. The number of benzene rings is 2. The zero-order valence-electron chi connectivity index (χ0n) is 13.7. The van der Waals surface area contributed by atoms with Crippen molar-refractivity contribution in [2.45, 2.75) is 13.8 Å². The first kappa shape index (κ1) is 16.0. The van der Waals surface area contributed by atoms with Gasteiger partial charge in [0.05, 0.1) is 25.6 Å². The normalized spacial score (nSPS) is 10.2. The van der Waals surface area contributed by atoms with Crippen molar-refractivity contribution < 1.29 is 9.47 Å². The predicted octanol–water partition coefficient (Wildman–Crippen LogP) is 3.97. The molecule has 2 aromatic carbocycles. The van der Waals surface area contributed by atoms with Crippen molar-refractivity contribution in [2.75, 3.05) is 37.3 Å². The van der Waals surface area contributed by atoms with Gasteiger partial charge in [-0.2, -0.15) is 0 Å². The zero-order chi connectivity index (χ0) is 15.9. The van der Waals surface area contributed by atoms with Crippen molar-refractivity contribution in [1.82, 2.24) is 0 Å². The maximum Gasteiger partial charge on any atom is 0.119 e. The fourth-order valence-corrected chi connectivity index (χ4v) is 2.49. The monoisotopic (exact) mass is 300 g/mol. The molecule has 0 N–H and O–H groups in total. The van der Waals surface area contributed by atoms with Gasteiger partial charge in [0.2, 0.25) is 0 Å². The summed E-state index contributed by atoms with van der Waals surface area (Å²) >= 11 is 0. The van der Waals surface area contributed by atoms with Crippen LogP contribution in [0.5, 0.6) is 11.5 Å². The van der Waals surface area contributed by atoms with E-state index < -0.39 is 0 Å². The van der Waals surface area contributed by atoms with Gasteiger partial charge in [0, 0.05) is 13.1 Å². The summed E-state index contributed by atoms with van der Waals surface area (Å²) in [6.07, 6.45) is 0. The fourth-order valence-electron chi connectivity index (χ4n) is 2.49. The lowest BCUT2D eigenvalue weighted by molar-refractivity contribution is 0.414. The molecule has 0 atom stereocenters. The minimum atomic E-state index is 0.868. The summed E-state index contributed by atoms with van der Waals surface area (Å²) < 4.78 is 10.5. The molecular formula is C18H24N2O2. The summed E-state index contributed by atoms with van der Waals surface area (Å²) in [5.41, 5.74) is 2.28. The highest BCUT2D eigenvalue weighted by molar-refractivity contribution is 5.59. The van der Waals surface area contributed by atoms with Gasteiger partial charge in [-0.25, -0.2) is 0 Å². The number of anilines is 2. The molecule has 0 fully saturated rings. The smallest absolute Gasteiger partial charge is 0.119 e. The van der Waals surface area contributed by atoms with Crippen LogP contribution >= 0.6 is 0 Å². The number of ether oxygens (including phenoxy) is 2. The van der Waals surface area contributed by atoms with Crippen LogP contribution in [0.1, 0.15) is 13.8 Å². The van der Waals surface area contributed by atoms with Crippen LogP contribution in [0.25, 0.3) is 0 Å². The van der Waals surface area contributed by atoms with E-state index in [9.17, 15) is 0 Å². The number of nitrogens with zero attached hydrogens (tertiary/aromatic N) is 2. The Balaban J connectivity index is 2.28. The van der Waals surface area contributed by atoms with Gasteiger partial charge in [0.15, 0.2) is 0 Å². The second kappa shape index (κ2) is 7.59. The number of hydrazine groups is 1. The average Bonchev–Trinajstić information content (AvgIpc) is 2.60. The van der Waals surface area contributed by atoms with Gasteiger partial charge in [0.1, 0.15) is 11.5 Å². The molecule has 22 heavy (non-hydrogen) atoms. The first-order valence-electron chi connectivity index (χ1n) is 7.56. The molecule has 4 heteroatoms. The second-order valence-corrected chi connectivity index (χ2v) is 4.83. The van der Waals surface area contributed by atoms with Gasteiger partial charge >= 0.3 is 0 Å². The van der Waals surface area contributed by atoms with Crippen molar-refractivity contribution in [2.24, 2.45) is 0 Å². The van der Waals surface area contributed by atoms with Crippen molar-refractivity contribution >= 4 is 11.4 Å².